The molecule has 2 aromatic heterocycles. The molecule has 0 atom stereocenters. The third-order valence-electron chi connectivity index (χ3n) is 3.21. The molecule has 2 heterocycles. The maximum Gasteiger partial charge on any atom is 0.271 e. The molecule has 8 nitrogen and oxygen atoms in total. The monoisotopic (exact) mass is 326 g/mol. The molecule has 8 heteroatoms. The first-order chi connectivity index (χ1) is 11.4. The number of nitro benzene ring substituents is 1. The average Bonchev–Trinajstić information content (AvgIpc) is 3.06. The van der Waals surface area contributed by atoms with Crippen LogP contribution in [-0.2, 0) is 0 Å². The number of benzene rings is 2. The number of nitrogens with zero attached hydrogens (tertiary/aromatic N) is 3. The van der Waals surface area contributed by atoms with Gasteiger partial charge in [0.25, 0.3) is 5.69 Å². The maximum absolute atomic E-state index is 10.4. The van der Waals surface area contributed by atoms with Crippen LogP contribution in [0.25, 0.3) is 22.2 Å². The van der Waals surface area contributed by atoms with Crippen molar-refractivity contribution >= 4 is 33.6 Å². The molecule has 0 saturated heterocycles. The number of nitrogen functional groups attached to an aromatic ring is 1. The minimum absolute atomic E-state index is 0.0285. The van der Waals surface area contributed by atoms with E-state index in [-0.39, 0.29) is 5.69 Å². The third kappa shape index (κ3) is 3.17. The third-order valence-corrected chi connectivity index (χ3v) is 3.21. The number of hydrogen-bond donors (Lipinski definition) is 1. The van der Waals surface area contributed by atoms with Crippen molar-refractivity contribution < 1.29 is 13.8 Å². The van der Waals surface area contributed by atoms with Crippen LogP contribution in [0.1, 0.15) is 11.8 Å². The highest BCUT2D eigenvalue weighted by Crippen LogP contribution is 2.20. The molecule has 2 N–H and O–H groups in total. The molecule has 24 heavy (non-hydrogen) atoms. The molecule has 0 fully saturated rings. The van der Waals surface area contributed by atoms with Gasteiger partial charge in [0.1, 0.15) is 11.0 Å². The number of fused-ring (bicyclic) bond motifs is 2. The fourth-order valence-corrected chi connectivity index (χ4v) is 2.20. The number of oxazole rings is 2. The molecule has 0 aliphatic heterocycles. The van der Waals surface area contributed by atoms with Crippen molar-refractivity contribution in [2.75, 3.05) is 5.73 Å². The molecular weight excluding hydrogens is 312 g/mol. The SMILES string of the molecule is Cc1nc2cc(N)ccc2o1.Cc1nc2cc([N+](=O)[O-])ccc2o1. The van der Waals surface area contributed by atoms with Crippen LogP contribution in [0.4, 0.5) is 11.4 Å². The van der Waals surface area contributed by atoms with Gasteiger partial charge in [0.2, 0.25) is 0 Å². The number of aryl methyl sites for hydroxylation is 2. The number of aromatic nitrogens is 2. The normalized spacial score (nSPS) is 10.6. The van der Waals surface area contributed by atoms with Crippen molar-refractivity contribution in [2.24, 2.45) is 0 Å². The lowest BCUT2D eigenvalue weighted by Gasteiger charge is -1.88. The van der Waals surface area contributed by atoms with Crippen LogP contribution < -0.4 is 5.73 Å². The second-order valence-electron chi connectivity index (χ2n) is 5.10. The summed E-state index contributed by atoms with van der Waals surface area (Å²) in [5, 5.41) is 10.4. The molecule has 2 aromatic carbocycles. The lowest BCUT2D eigenvalue weighted by Crippen LogP contribution is -1.86. The first-order valence-corrected chi connectivity index (χ1v) is 7.06. The summed E-state index contributed by atoms with van der Waals surface area (Å²) in [4.78, 5) is 18.1. The topological polar surface area (TPSA) is 121 Å². The predicted molar refractivity (Wildman–Crippen MR) is 88.6 cm³/mol. The fraction of sp³-hybridized carbons (Fsp3) is 0.125. The molecule has 0 aliphatic carbocycles. The summed E-state index contributed by atoms with van der Waals surface area (Å²) in [5.41, 5.74) is 9.00. The summed E-state index contributed by atoms with van der Waals surface area (Å²) in [6.07, 6.45) is 0. The van der Waals surface area contributed by atoms with E-state index in [0.717, 1.165) is 11.1 Å². The molecule has 0 spiro atoms. The van der Waals surface area contributed by atoms with Gasteiger partial charge in [-0.25, -0.2) is 9.97 Å². The minimum Gasteiger partial charge on any atom is -0.441 e. The minimum atomic E-state index is -0.455. The highest BCUT2D eigenvalue weighted by molar-refractivity contribution is 5.76. The van der Waals surface area contributed by atoms with E-state index in [2.05, 4.69) is 9.97 Å². The summed E-state index contributed by atoms with van der Waals surface area (Å²) in [7, 11) is 0. The van der Waals surface area contributed by atoms with Crippen LogP contribution in [0.2, 0.25) is 0 Å². The lowest BCUT2D eigenvalue weighted by atomic mass is 10.3. The second kappa shape index (κ2) is 5.99. The smallest absolute Gasteiger partial charge is 0.271 e. The fourth-order valence-electron chi connectivity index (χ4n) is 2.20. The Morgan fingerprint density at radius 3 is 2.08 bits per heavy atom. The van der Waals surface area contributed by atoms with E-state index < -0.39 is 4.92 Å². The molecule has 0 radical (unpaired) electrons. The van der Waals surface area contributed by atoms with Crippen LogP contribution in [-0.4, -0.2) is 14.9 Å². The summed E-state index contributed by atoms with van der Waals surface area (Å²) < 4.78 is 10.4. The zero-order valence-corrected chi connectivity index (χ0v) is 13.0. The van der Waals surface area contributed by atoms with Gasteiger partial charge in [-0.1, -0.05) is 0 Å². The Morgan fingerprint density at radius 2 is 1.50 bits per heavy atom. The Kier molecular flexibility index (Phi) is 3.87. The maximum atomic E-state index is 10.4. The van der Waals surface area contributed by atoms with Gasteiger partial charge < -0.3 is 14.6 Å². The van der Waals surface area contributed by atoms with Gasteiger partial charge in [-0.3, -0.25) is 10.1 Å². The molecule has 0 saturated carbocycles. The number of hydrogen-bond acceptors (Lipinski definition) is 7. The van der Waals surface area contributed by atoms with Gasteiger partial charge in [-0.05, 0) is 24.3 Å². The molecule has 0 unspecified atom stereocenters. The Hall–Kier alpha value is -3.42. The first kappa shape index (κ1) is 15.5. The summed E-state index contributed by atoms with van der Waals surface area (Å²) in [5.74, 6) is 1.18. The van der Waals surface area contributed by atoms with Gasteiger partial charge >= 0.3 is 0 Å². The molecule has 4 rings (SSSR count). The Bertz CT molecular complexity index is 1040. The molecule has 0 amide bonds. The van der Waals surface area contributed by atoms with Gasteiger partial charge in [0.15, 0.2) is 22.9 Å². The number of nitro groups is 1. The van der Waals surface area contributed by atoms with Gasteiger partial charge in [0.05, 0.1) is 4.92 Å². The molecule has 122 valence electrons. The van der Waals surface area contributed by atoms with E-state index in [9.17, 15) is 10.1 Å². The molecule has 0 aliphatic rings. The molecule has 4 aromatic rings. The number of anilines is 1. The Labute approximate surface area is 136 Å². The van der Waals surface area contributed by atoms with Gasteiger partial charge in [0, 0.05) is 31.7 Å². The average molecular weight is 326 g/mol. The van der Waals surface area contributed by atoms with Crippen LogP contribution >= 0.6 is 0 Å². The van der Waals surface area contributed by atoms with Crippen LogP contribution in [0.5, 0.6) is 0 Å². The first-order valence-electron chi connectivity index (χ1n) is 7.06. The summed E-state index contributed by atoms with van der Waals surface area (Å²) >= 11 is 0. The second-order valence-corrected chi connectivity index (χ2v) is 5.10. The van der Waals surface area contributed by atoms with Crippen molar-refractivity contribution in [3.05, 3.63) is 58.3 Å². The molecular formula is C16H14N4O4. The zero-order chi connectivity index (χ0) is 17.3. The highest BCUT2D eigenvalue weighted by atomic mass is 16.6. The van der Waals surface area contributed by atoms with E-state index >= 15 is 0 Å². The van der Waals surface area contributed by atoms with Crippen LogP contribution in [0.3, 0.4) is 0 Å². The largest absolute Gasteiger partial charge is 0.441 e. The highest BCUT2D eigenvalue weighted by Gasteiger charge is 2.09. The van der Waals surface area contributed by atoms with Crippen molar-refractivity contribution in [1.82, 2.24) is 9.97 Å². The van der Waals surface area contributed by atoms with E-state index in [1.165, 1.54) is 12.1 Å². The Balaban J connectivity index is 0.000000143. The zero-order valence-electron chi connectivity index (χ0n) is 13.0. The van der Waals surface area contributed by atoms with Crippen LogP contribution in [0, 0.1) is 24.0 Å². The summed E-state index contributed by atoms with van der Waals surface area (Å²) in [6.45, 7) is 3.52. The quantitative estimate of drug-likeness (QED) is 0.321. The van der Waals surface area contributed by atoms with E-state index in [4.69, 9.17) is 14.6 Å². The van der Waals surface area contributed by atoms with E-state index in [1.807, 2.05) is 13.0 Å². The van der Waals surface area contributed by atoms with E-state index in [0.29, 0.717) is 28.6 Å². The number of rotatable bonds is 1. The van der Waals surface area contributed by atoms with Crippen molar-refractivity contribution in [3.63, 3.8) is 0 Å². The lowest BCUT2D eigenvalue weighted by molar-refractivity contribution is -0.384. The number of nitrogens with two attached hydrogens (primary N) is 1. The standard InChI is InChI=1S/C8H6N2O3.C8H8N2O/c1-5-9-7-4-6(10(11)12)2-3-8(7)13-5;1-5-10-7-4-6(9)2-3-8(7)11-5/h2-4H,1H3;2-4H,9H2,1H3. The van der Waals surface area contributed by atoms with Crippen molar-refractivity contribution in [3.8, 4) is 0 Å². The molecule has 0 bridgehead atoms. The van der Waals surface area contributed by atoms with Crippen molar-refractivity contribution in [1.29, 1.82) is 0 Å². The van der Waals surface area contributed by atoms with E-state index in [1.54, 1.807) is 25.1 Å². The summed E-state index contributed by atoms with van der Waals surface area (Å²) in [6, 6.07) is 9.76. The predicted octanol–water partition coefficient (Wildman–Crippen LogP) is 3.76. The van der Waals surface area contributed by atoms with Gasteiger partial charge in [-0.15, -0.1) is 0 Å². The Morgan fingerprint density at radius 1 is 0.958 bits per heavy atom. The number of non-ortho nitro benzene ring substituents is 1. The van der Waals surface area contributed by atoms with Gasteiger partial charge in [-0.2, -0.15) is 0 Å². The van der Waals surface area contributed by atoms with Crippen LogP contribution in [0.15, 0.2) is 45.2 Å². The van der Waals surface area contributed by atoms with Crippen molar-refractivity contribution in [2.45, 2.75) is 13.8 Å².